The van der Waals surface area contributed by atoms with Crippen LogP contribution in [0.3, 0.4) is 0 Å². The Hall–Kier alpha value is -0.130. The van der Waals surface area contributed by atoms with E-state index in [0.29, 0.717) is 13.1 Å². The van der Waals surface area contributed by atoms with Gasteiger partial charge in [-0.2, -0.15) is 0 Å². The first-order chi connectivity index (χ1) is 8.68. The van der Waals surface area contributed by atoms with Gasteiger partial charge in [-0.1, -0.05) is 19.8 Å². The summed E-state index contributed by atoms with van der Waals surface area (Å²) in [6.45, 7) is 9.52. The minimum absolute atomic E-state index is 0.0438. The fourth-order valence-electron chi connectivity index (χ4n) is 2.95. The molecule has 0 atom stereocenters. The normalized spacial score (nSPS) is 20.1. The molecule has 0 spiro atoms. The summed E-state index contributed by atoms with van der Waals surface area (Å²) in [5, 5.41) is 0. The molecule has 1 rings (SSSR count). The van der Waals surface area contributed by atoms with Crippen LogP contribution < -0.4 is 5.73 Å². The maximum Gasteiger partial charge on any atom is 0.156 e. The van der Waals surface area contributed by atoms with Crippen molar-refractivity contribution >= 4 is 9.84 Å². The lowest BCUT2D eigenvalue weighted by Gasteiger charge is -2.40. The average Bonchev–Trinajstić information content (AvgIpc) is 2.78. The second-order valence-electron chi connectivity index (χ2n) is 6.65. The number of hydrogen-bond donors (Lipinski definition) is 1. The molecule has 4 nitrogen and oxygen atoms in total. The van der Waals surface area contributed by atoms with Crippen LogP contribution in [0.2, 0.25) is 0 Å². The van der Waals surface area contributed by atoms with Gasteiger partial charge in [0, 0.05) is 18.6 Å². The third-order valence-electron chi connectivity index (χ3n) is 4.53. The van der Waals surface area contributed by atoms with Crippen LogP contribution in [0.5, 0.6) is 0 Å². The monoisotopic (exact) mass is 290 g/mol. The Labute approximate surface area is 118 Å². The first kappa shape index (κ1) is 16.9. The van der Waals surface area contributed by atoms with E-state index in [1.807, 2.05) is 0 Å². The molecule has 0 aromatic heterocycles. The second kappa shape index (κ2) is 6.10. The zero-order valence-corrected chi connectivity index (χ0v) is 13.7. The van der Waals surface area contributed by atoms with Crippen LogP contribution in [0.1, 0.15) is 53.4 Å². The van der Waals surface area contributed by atoms with E-state index in [4.69, 9.17) is 5.73 Å². The Morgan fingerprint density at radius 3 is 2.11 bits per heavy atom. The molecule has 2 N–H and O–H groups in total. The minimum atomic E-state index is -3.05. The molecule has 5 heteroatoms. The van der Waals surface area contributed by atoms with E-state index in [1.165, 1.54) is 12.8 Å². The number of sulfone groups is 1. The summed E-state index contributed by atoms with van der Waals surface area (Å²) in [4.78, 5) is 2.29. The lowest BCUT2D eigenvalue weighted by Crippen LogP contribution is -2.53. The van der Waals surface area contributed by atoms with Crippen molar-refractivity contribution in [3.05, 3.63) is 0 Å². The second-order valence-corrected chi connectivity index (χ2v) is 9.51. The van der Waals surface area contributed by atoms with Crippen molar-refractivity contribution in [2.24, 2.45) is 5.73 Å². The van der Waals surface area contributed by atoms with Gasteiger partial charge in [-0.15, -0.1) is 0 Å². The van der Waals surface area contributed by atoms with E-state index in [-0.39, 0.29) is 11.3 Å². The molecule has 0 aromatic carbocycles. The Morgan fingerprint density at radius 2 is 1.74 bits per heavy atom. The molecule has 1 fully saturated rings. The van der Waals surface area contributed by atoms with Crippen molar-refractivity contribution in [3.8, 4) is 0 Å². The Morgan fingerprint density at radius 1 is 1.21 bits per heavy atom. The van der Waals surface area contributed by atoms with E-state index in [0.717, 1.165) is 19.4 Å². The molecule has 19 heavy (non-hydrogen) atoms. The fraction of sp³-hybridized carbons (Fsp3) is 1.00. The number of nitrogens with two attached hydrogens (primary N) is 1. The molecular formula is C14H30N2O2S. The summed E-state index contributed by atoms with van der Waals surface area (Å²) < 4.78 is 23.8. The van der Waals surface area contributed by atoms with Gasteiger partial charge < -0.3 is 5.73 Å². The Kier molecular flexibility index (Phi) is 5.43. The maximum atomic E-state index is 12.2. The number of rotatable bonds is 6. The maximum absolute atomic E-state index is 12.2. The van der Waals surface area contributed by atoms with Gasteiger partial charge >= 0.3 is 0 Å². The Balaban J connectivity index is 2.74. The topological polar surface area (TPSA) is 63.4 Å². The molecular weight excluding hydrogens is 260 g/mol. The third kappa shape index (κ3) is 3.70. The van der Waals surface area contributed by atoms with Gasteiger partial charge in [-0.05, 0) is 40.2 Å². The van der Waals surface area contributed by atoms with E-state index in [1.54, 1.807) is 20.8 Å². The van der Waals surface area contributed by atoms with Crippen molar-refractivity contribution in [2.75, 3.05) is 25.4 Å². The van der Waals surface area contributed by atoms with Gasteiger partial charge in [0.2, 0.25) is 0 Å². The standard InChI is InChI=1S/C14H30N2O2S/c1-5-16(14(12-15)8-6-7-9-14)10-11-19(17,18)13(2,3)4/h5-12,15H2,1-4H3. The van der Waals surface area contributed by atoms with Crippen LogP contribution in [0, 0.1) is 0 Å². The van der Waals surface area contributed by atoms with E-state index < -0.39 is 14.6 Å². The minimum Gasteiger partial charge on any atom is -0.329 e. The number of likely N-dealkylation sites (N-methyl/N-ethyl adjacent to an activating group) is 1. The van der Waals surface area contributed by atoms with Gasteiger partial charge in [-0.25, -0.2) is 8.42 Å². The lowest BCUT2D eigenvalue weighted by atomic mass is 9.95. The summed E-state index contributed by atoms with van der Waals surface area (Å²) in [6.07, 6.45) is 4.62. The van der Waals surface area contributed by atoms with E-state index in [9.17, 15) is 8.42 Å². The Bertz CT molecular complexity index is 379. The quantitative estimate of drug-likeness (QED) is 0.810. The molecule has 0 aromatic rings. The molecule has 114 valence electrons. The summed E-state index contributed by atoms with van der Waals surface area (Å²) >= 11 is 0. The third-order valence-corrected chi connectivity index (χ3v) is 7.12. The highest BCUT2D eigenvalue weighted by Gasteiger charge is 2.38. The van der Waals surface area contributed by atoms with Gasteiger partial charge in [0.1, 0.15) is 0 Å². The lowest BCUT2D eigenvalue weighted by molar-refractivity contribution is 0.113. The smallest absolute Gasteiger partial charge is 0.156 e. The largest absolute Gasteiger partial charge is 0.329 e. The molecule has 0 radical (unpaired) electrons. The highest BCUT2D eigenvalue weighted by atomic mass is 32.2. The molecule has 0 amide bonds. The van der Waals surface area contributed by atoms with Crippen LogP contribution in [0.4, 0.5) is 0 Å². The predicted octanol–water partition coefficient (Wildman–Crippen LogP) is 1.79. The zero-order valence-electron chi connectivity index (χ0n) is 12.9. The number of nitrogens with zero attached hydrogens (tertiary/aromatic N) is 1. The highest BCUT2D eigenvalue weighted by Crippen LogP contribution is 2.34. The predicted molar refractivity (Wildman–Crippen MR) is 81.0 cm³/mol. The molecule has 1 aliphatic rings. The zero-order chi connectivity index (χ0) is 14.7. The van der Waals surface area contributed by atoms with E-state index in [2.05, 4.69) is 11.8 Å². The van der Waals surface area contributed by atoms with Gasteiger partial charge in [0.05, 0.1) is 10.5 Å². The summed E-state index contributed by atoms with van der Waals surface area (Å²) in [6, 6.07) is 0. The van der Waals surface area contributed by atoms with Gasteiger partial charge in [-0.3, -0.25) is 4.90 Å². The first-order valence-corrected chi connectivity index (χ1v) is 9.01. The fourth-order valence-corrected chi connectivity index (χ4v) is 4.02. The van der Waals surface area contributed by atoms with E-state index >= 15 is 0 Å². The summed E-state index contributed by atoms with van der Waals surface area (Å²) in [7, 11) is -3.05. The molecule has 0 aliphatic heterocycles. The summed E-state index contributed by atoms with van der Waals surface area (Å²) in [5.74, 6) is 0.228. The van der Waals surface area contributed by atoms with Crippen LogP contribution in [-0.4, -0.2) is 49.0 Å². The molecule has 0 heterocycles. The molecule has 0 unspecified atom stereocenters. The van der Waals surface area contributed by atoms with Crippen molar-refractivity contribution in [1.82, 2.24) is 4.90 Å². The SMILES string of the molecule is CCN(CCS(=O)(=O)C(C)(C)C)C1(CN)CCCC1. The highest BCUT2D eigenvalue weighted by molar-refractivity contribution is 7.92. The summed E-state index contributed by atoms with van der Waals surface area (Å²) in [5.41, 5.74) is 6.02. The van der Waals surface area contributed by atoms with Crippen molar-refractivity contribution in [2.45, 2.75) is 63.7 Å². The molecule has 1 aliphatic carbocycles. The molecule has 0 bridgehead atoms. The van der Waals surface area contributed by atoms with Crippen molar-refractivity contribution < 1.29 is 8.42 Å². The van der Waals surface area contributed by atoms with Gasteiger partial charge in [0.15, 0.2) is 9.84 Å². The molecule has 1 saturated carbocycles. The first-order valence-electron chi connectivity index (χ1n) is 7.36. The van der Waals surface area contributed by atoms with Crippen LogP contribution in [0.15, 0.2) is 0 Å². The number of hydrogen-bond acceptors (Lipinski definition) is 4. The van der Waals surface area contributed by atoms with Crippen molar-refractivity contribution in [1.29, 1.82) is 0 Å². The van der Waals surface area contributed by atoms with Crippen LogP contribution >= 0.6 is 0 Å². The van der Waals surface area contributed by atoms with Gasteiger partial charge in [0.25, 0.3) is 0 Å². The average molecular weight is 290 g/mol. The molecule has 0 saturated heterocycles. The van der Waals surface area contributed by atoms with Crippen molar-refractivity contribution in [3.63, 3.8) is 0 Å². The van der Waals surface area contributed by atoms with Crippen LogP contribution in [0.25, 0.3) is 0 Å². The van der Waals surface area contributed by atoms with Crippen LogP contribution in [-0.2, 0) is 9.84 Å².